The van der Waals surface area contributed by atoms with Gasteiger partial charge in [-0.1, -0.05) is 6.07 Å². The summed E-state index contributed by atoms with van der Waals surface area (Å²) in [4.78, 5) is 2.09. The fraction of sp³-hybridized carbons (Fsp3) is 0.500. The molecule has 18 heavy (non-hydrogen) atoms. The molecular weight excluding hydrogens is 226 g/mol. The van der Waals surface area contributed by atoms with Gasteiger partial charge in [-0.15, -0.1) is 0 Å². The van der Waals surface area contributed by atoms with Gasteiger partial charge in [-0.2, -0.15) is 5.26 Å². The topological polar surface area (TPSA) is 59.3 Å². The molecule has 0 aromatic heterocycles. The Bertz CT molecular complexity index is 476. The summed E-state index contributed by atoms with van der Waals surface area (Å²) in [6, 6.07) is 8.17. The van der Waals surface area contributed by atoms with E-state index >= 15 is 0 Å². The van der Waals surface area contributed by atoms with Crippen LogP contribution < -0.4 is 10.2 Å². The first-order valence-corrected chi connectivity index (χ1v) is 6.21. The second-order valence-corrected chi connectivity index (χ2v) is 5.16. The molecule has 1 aliphatic rings. The van der Waals surface area contributed by atoms with E-state index < -0.39 is 5.60 Å². The van der Waals surface area contributed by atoms with Gasteiger partial charge in [-0.3, -0.25) is 0 Å². The lowest BCUT2D eigenvalue weighted by Crippen LogP contribution is -2.29. The van der Waals surface area contributed by atoms with Gasteiger partial charge in [0.25, 0.3) is 0 Å². The van der Waals surface area contributed by atoms with Crippen molar-refractivity contribution in [3.8, 4) is 6.07 Å². The predicted molar refractivity (Wildman–Crippen MR) is 71.4 cm³/mol. The molecule has 2 rings (SSSR count). The average molecular weight is 245 g/mol. The van der Waals surface area contributed by atoms with Gasteiger partial charge in [0.15, 0.2) is 0 Å². The van der Waals surface area contributed by atoms with Gasteiger partial charge in [0.1, 0.15) is 6.07 Å². The highest BCUT2D eigenvalue weighted by Gasteiger charge is 2.32. The van der Waals surface area contributed by atoms with E-state index in [1.807, 2.05) is 32.2 Å². The van der Waals surface area contributed by atoms with E-state index in [0.29, 0.717) is 12.1 Å². The molecule has 2 N–H and O–H groups in total. The normalized spacial score (nSPS) is 23.1. The van der Waals surface area contributed by atoms with Crippen molar-refractivity contribution in [2.24, 2.45) is 0 Å². The Hall–Kier alpha value is -1.57. The highest BCUT2D eigenvalue weighted by molar-refractivity contribution is 5.61. The van der Waals surface area contributed by atoms with E-state index in [0.717, 1.165) is 30.8 Å². The second kappa shape index (κ2) is 4.97. The van der Waals surface area contributed by atoms with E-state index in [1.165, 1.54) is 0 Å². The van der Waals surface area contributed by atoms with Crippen molar-refractivity contribution in [1.82, 2.24) is 5.32 Å². The van der Waals surface area contributed by atoms with Crippen molar-refractivity contribution in [3.05, 3.63) is 29.3 Å². The number of nitrogens with one attached hydrogen (secondary N) is 1. The van der Waals surface area contributed by atoms with E-state index in [2.05, 4.69) is 16.3 Å². The predicted octanol–water partition coefficient (Wildman–Crippen LogP) is 1.24. The largest absolute Gasteiger partial charge is 0.388 e. The van der Waals surface area contributed by atoms with Crippen molar-refractivity contribution < 1.29 is 5.11 Å². The van der Waals surface area contributed by atoms with Gasteiger partial charge in [-0.05, 0) is 38.1 Å². The molecule has 1 aromatic rings. The molecule has 1 atom stereocenters. The molecular formula is C14H19N3O. The summed E-state index contributed by atoms with van der Waals surface area (Å²) in [5.74, 6) is 0. The van der Waals surface area contributed by atoms with Gasteiger partial charge >= 0.3 is 0 Å². The molecule has 0 amide bonds. The lowest BCUT2D eigenvalue weighted by atomic mass is 10.1. The zero-order valence-electron chi connectivity index (χ0n) is 10.9. The van der Waals surface area contributed by atoms with Crippen LogP contribution in [0.4, 0.5) is 5.69 Å². The molecule has 1 saturated heterocycles. The zero-order chi connectivity index (χ0) is 13.2. The lowest BCUT2D eigenvalue weighted by Gasteiger charge is -2.22. The third-order valence-electron chi connectivity index (χ3n) is 3.35. The maximum absolute atomic E-state index is 9.99. The van der Waals surface area contributed by atoms with Crippen molar-refractivity contribution in [2.45, 2.75) is 25.5 Å². The molecule has 0 spiro atoms. The van der Waals surface area contributed by atoms with Crippen LogP contribution in [0.15, 0.2) is 18.2 Å². The minimum absolute atomic E-state index is 0.590. The smallest absolute Gasteiger partial charge is 0.101 e. The zero-order valence-corrected chi connectivity index (χ0v) is 10.9. The summed E-state index contributed by atoms with van der Waals surface area (Å²) in [5.41, 5.74) is 2.07. The fourth-order valence-electron chi connectivity index (χ4n) is 2.41. The first-order chi connectivity index (χ1) is 8.55. The third kappa shape index (κ3) is 2.63. The Kier molecular flexibility index (Phi) is 3.55. The SMILES string of the molecule is CNCc1ccc(N2CCC(C)(O)C2)c(C#N)c1. The summed E-state index contributed by atoms with van der Waals surface area (Å²) >= 11 is 0. The number of rotatable bonds is 3. The van der Waals surface area contributed by atoms with E-state index in [-0.39, 0.29) is 0 Å². The van der Waals surface area contributed by atoms with Gasteiger partial charge in [-0.25, -0.2) is 0 Å². The molecule has 1 heterocycles. The van der Waals surface area contributed by atoms with Crippen LogP contribution in [0.3, 0.4) is 0 Å². The maximum Gasteiger partial charge on any atom is 0.101 e. The van der Waals surface area contributed by atoms with Gasteiger partial charge in [0.05, 0.1) is 16.9 Å². The van der Waals surface area contributed by atoms with Crippen molar-refractivity contribution in [1.29, 1.82) is 5.26 Å². The Morgan fingerprint density at radius 3 is 2.89 bits per heavy atom. The van der Waals surface area contributed by atoms with Crippen molar-refractivity contribution >= 4 is 5.69 Å². The van der Waals surface area contributed by atoms with E-state index in [9.17, 15) is 10.4 Å². The molecule has 96 valence electrons. The summed E-state index contributed by atoms with van der Waals surface area (Å²) in [6.45, 7) is 3.99. The van der Waals surface area contributed by atoms with Crippen LogP contribution in [0.25, 0.3) is 0 Å². The van der Waals surface area contributed by atoms with Crippen LogP contribution in [0.2, 0.25) is 0 Å². The number of nitrogens with zero attached hydrogens (tertiary/aromatic N) is 2. The number of anilines is 1. The second-order valence-electron chi connectivity index (χ2n) is 5.16. The highest BCUT2D eigenvalue weighted by atomic mass is 16.3. The monoisotopic (exact) mass is 245 g/mol. The molecule has 1 unspecified atom stereocenters. The Balaban J connectivity index is 2.26. The van der Waals surface area contributed by atoms with Crippen LogP contribution in [-0.2, 0) is 6.54 Å². The van der Waals surface area contributed by atoms with Crippen LogP contribution in [0.5, 0.6) is 0 Å². The molecule has 0 radical (unpaired) electrons. The number of benzene rings is 1. The Morgan fingerprint density at radius 1 is 1.56 bits per heavy atom. The first-order valence-electron chi connectivity index (χ1n) is 6.21. The summed E-state index contributed by atoms with van der Waals surface area (Å²) in [6.07, 6.45) is 0.746. The van der Waals surface area contributed by atoms with Gasteiger partial charge < -0.3 is 15.3 Å². The van der Waals surface area contributed by atoms with Crippen molar-refractivity contribution in [3.63, 3.8) is 0 Å². The Morgan fingerprint density at radius 2 is 2.33 bits per heavy atom. The van der Waals surface area contributed by atoms with E-state index in [1.54, 1.807) is 0 Å². The average Bonchev–Trinajstić information content (AvgIpc) is 2.70. The highest BCUT2D eigenvalue weighted by Crippen LogP contribution is 2.29. The third-order valence-corrected chi connectivity index (χ3v) is 3.35. The number of hydrogen-bond acceptors (Lipinski definition) is 4. The number of hydrogen-bond donors (Lipinski definition) is 2. The standard InChI is InChI=1S/C14H19N3O/c1-14(18)5-6-17(10-14)13-4-3-11(9-16-2)7-12(13)8-15/h3-4,7,16,18H,5-6,9-10H2,1-2H3. The number of aliphatic hydroxyl groups is 1. The quantitative estimate of drug-likeness (QED) is 0.841. The molecule has 1 aromatic carbocycles. The summed E-state index contributed by atoms with van der Waals surface area (Å²) < 4.78 is 0. The molecule has 0 bridgehead atoms. The van der Waals surface area contributed by atoms with Gasteiger partial charge in [0, 0.05) is 19.6 Å². The molecule has 4 nitrogen and oxygen atoms in total. The molecule has 0 saturated carbocycles. The minimum atomic E-state index is -0.642. The van der Waals surface area contributed by atoms with Crippen LogP contribution in [0, 0.1) is 11.3 Å². The summed E-state index contributed by atoms with van der Waals surface area (Å²) in [5, 5.41) is 22.3. The first kappa shape index (κ1) is 12.9. The van der Waals surface area contributed by atoms with Gasteiger partial charge in [0.2, 0.25) is 0 Å². The molecule has 4 heteroatoms. The van der Waals surface area contributed by atoms with Crippen LogP contribution in [-0.4, -0.2) is 30.8 Å². The van der Waals surface area contributed by atoms with Crippen LogP contribution in [0.1, 0.15) is 24.5 Å². The van der Waals surface area contributed by atoms with Crippen molar-refractivity contribution in [2.75, 3.05) is 25.0 Å². The number of nitriles is 1. The fourth-order valence-corrected chi connectivity index (χ4v) is 2.41. The minimum Gasteiger partial charge on any atom is -0.388 e. The molecule has 0 aliphatic carbocycles. The lowest BCUT2D eigenvalue weighted by molar-refractivity contribution is 0.0839. The molecule has 1 aliphatic heterocycles. The van der Waals surface area contributed by atoms with E-state index in [4.69, 9.17) is 0 Å². The summed E-state index contributed by atoms with van der Waals surface area (Å²) in [7, 11) is 1.89. The number of β-amino-alcohol motifs (C(OH)–C–C–N with tert-alkyl or cyclic N) is 1. The maximum atomic E-state index is 9.99. The molecule has 1 fully saturated rings. The van der Waals surface area contributed by atoms with Crippen LogP contribution >= 0.6 is 0 Å². The Labute approximate surface area is 108 Å².